The van der Waals surface area contributed by atoms with E-state index in [0.717, 1.165) is 23.7 Å². The maximum Gasteiger partial charge on any atom is 0.227 e. The zero-order valence-corrected chi connectivity index (χ0v) is 11.7. The largest absolute Gasteiger partial charge is 0.339 e. The van der Waals surface area contributed by atoms with E-state index in [9.17, 15) is 0 Å². The van der Waals surface area contributed by atoms with E-state index in [4.69, 9.17) is 10.3 Å². The Kier molecular flexibility index (Phi) is 4.43. The van der Waals surface area contributed by atoms with Crippen molar-refractivity contribution >= 4 is 15.9 Å². The highest BCUT2D eigenvalue weighted by Crippen LogP contribution is 2.23. The fourth-order valence-electron chi connectivity index (χ4n) is 1.58. The van der Waals surface area contributed by atoms with E-state index in [1.54, 1.807) is 6.20 Å². The van der Waals surface area contributed by atoms with Crippen LogP contribution in [-0.4, -0.2) is 21.2 Å². The van der Waals surface area contributed by atoms with Gasteiger partial charge in [-0.2, -0.15) is 4.98 Å². The van der Waals surface area contributed by atoms with E-state index in [0.29, 0.717) is 17.4 Å². The standard InChI is InChI=1S/C12H15BrN4O/c1-8(14)4-2-6-10-16-12(17-18-10)11-9(13)5-3-7-15-11/h3,5,7-8H,2,4,6,14H2,1H3. The van der Waals surface area contributed by atoms with E-state index >= 15 is 0 Å². The number of pyridine rings is 1. The van der Waals surface area contributed by atoms with Gasteiger partial charge in [0.25, 0.3) is 0 Å². The van der Waals surface area contributed by atoms with Gasteiger partial charge in [-0.05, 0) is 47.8 Å². The first-order chi connectivity index (χ1) is 8.66. The average molecular weight is 311 g/mol. The molecule has 5 nitrogen and oxygen atoms in total. The molecule has 2 N–H and O–H groups in total. The normalized spacial score (nSPS) is 12.6. The van der Waals surface area contributed by atoms with Crippen LogP contribution in [0.25, 0.3) is 11.5 Å². The summed E-state index contributed by atoms with van der Waals surface area (Å²) in [4.78, 5) is 8.55. The molecule has 6 heteroatoms. The van der Waals surface area contributed by atoms with Gasteiger partial charge in [0.05, 0.1) is 0 Å². The van der Waals surface area contributed by atoms with Gasteiger partial charge in [0, 0.05) is 23.1 Å². The first kappa shape index (κ1) is 13.2. The molecule has 96 valence electrons. The Labute approximate surface area is 114 Å². The lowest BCUT2D eigenvalue weighted by atomic mass is 10.1. The first-order valence-electron chi connectivity index (χ1n) is 5.86. The molecule has 0 saturated heterocycles. The summed E-state index contributed by atoms with van der Waals surface area (Å²) in [5, 5.41) is 3.94. The van der Waals surface area contributed by atoms with Crippen LogP contribution in [0, 0.1) is 0 Å². The zero-order chi connectivity index (χ0) is 13.0. The Balaban J connectivity index is 2.04. The second kappa shape index (κ2) is 6.06. The molecule has 0 amide bonds. The minimum Gasteiger partial charge on any atom is -0.339 e. The fraction of sp³-hybridized carbons (Fsp3) is 0.417. The third-order valence-electron chi connectivity index (χ3n) is 2.49. The van der Waals surface area contributed by atoms with E-state index in [1.807, 2.05) is 19.1 Å². The van der Waals surface area contributed by atoms with Gasteiger partial charge in [0.1, 0.15) is 5.69 Å². The summed E-state index contributed by atoms with van der Waals surface area (Å²) in [5.41, 5.74) is 6.38. The van der Waals surface area contributed by atoms with Crippen molar-refractivity contribution in [3.8, 4) is 11.5 Å². The number of aromatic nitrogens is 3. The Hall–Kier alpha value is -1.27. The van der Waals surface area contributed by atoms with Gasteiger partial charge in [0.15, 0.2) is 0 Å². The summed E-state index contributed by atoms with van der Waals surface area (Å²) in [5.74, 6) is 1.14. The van der Waals surface area contributed by atoms with Crippen molar-refractivity contribution in [3.63, 3.8) is 0 Å². The second-order valence-electron chi connectivity index (χ2n) is 4.22. The van der Waals surface area contributed by atoms with Gasteiger partial charge in [-0.15, -0.1) is 0 Å². The first-order valence-corrected chi connectivity index (χ1v) is 6.65. The molecule has 1 atom stereocenters. The lowest BCUT2D eigenvalue weighted by molar-refractivity contribution is 0.373. The Morgan fingerprint density at radius 1 is 1.50 bits per heavy atom. The van der Waals surface area contributed by atoms with Gasteiger partial charge in [-0.1, -0.05) is 5.16 Å². The summed E-state index contributed by atoms with van der Waals surface area (Å²) >= 11 is 3.41. The Bertz CT molecular complexity index is 512. The van der Waals surface area contributed by atoms with Gasteiger partial charge in [0.2, 0.25) is 11.7 Å². The summed E-state index contributed by atoms with van der Waals surface area (Å²) in [6.07, 6.45) is 4.35. The van der Waals surface area contributed by atoms with Crippen molar-refractivity contribution in [1.29, 1.82) is 0 Å². The molecule has 0 saturated carbocycles. The van der Waals surface area contributed by atoms with E-state index in [-0.39, 0.29) is 6.04 Å². The molecular weight excluding hydrogens is 296 g/mol. The van der Waals surface area contributed by atoms with Crippen LogP contribution < -0.4 is 5.73 Å². The summed E-state index contributed by atoms with van der Waals surface area (Å²) in [6, 6.07) is 3.95. The van der Waals surface area contributed by atoms with Crippen LogP contribution >= 0.6 is 15.9 Å². The second-order valence-corrected chi connectivity index (χ2v) is 5.07. The lowest BCUT2D eigenvalue weighted by Gasteiger charge is -2.00. The predicted octanol–water partition coefficient (Wildman–Crippen LogP) is 2.56. The maximum atomic E-state index is 5.69. The molecule has 0 bridgehead atoms. The number of hydrogen-bond donors (Lipinski definition) is 1. The van der Waals surface area contributed by atoms with Crippen LogP contribution in [0.5, 0.6) is 0 Å². The Morgan fingerprint density at radius 2 is 2.33 bits per heavy atom. The third kappa shape index (κ3) is 3.36. The predicted molar refractivity (Wildman–Crippen MR) is 71.8 cm³/mol. The number of nitrogens with two attached hydrogens (primary N) is 1. The van der Waals surface area contributed by atoms with Crippen molar-refractivity contribution in [2.75, 3.05) is 0 Å². The lowest BCUT2D eigenvalue weighted by Crippen LogP contribution is -2.14. The molecule has 0 aliphatic rings. The molecule has 0 radical (unpaired) electrons. The highest BCUT2D eigenvalue weighted by molar-refractivity contribution is 9.10. The average Bonchev–Trinajstić information content (AvgIpc) is 2.78. The molecule has 0 aromatic carbocycles. The van der Waals surface area contributed by atoms with E-state index in [2.05, 4.69) is 31.1 Å². The summed E-state index contributed by atoms with van der Waals surface area (Å²) < 4.78 is 6.05. The quantitative estimate of drug-likeness (QED) is 0.918. The minimum atomic E-state index is 0.206. The van der Waals surface area contributed by atoms with Gasteiger partial charge in [-0.3, -0.25) is 4.98 Å². The molecule has 2 heterocycles. The molecule has 1 unspecified atom stereocenters. The van der Waals surface area contributed by atoms with Crippen molar-refractivity contribution in [1.82, 2.24) is 15.1 Å². The van der Waals surface area contributed by atoms with E-state index in [1.165, 1.54) is 0 Å². The molecule has 2 aromatic rings. The van der Waals surface area contributed by atoms with Crippen LogP contribution in [0.2, 0.25) is 0 Å². The van der Waals surface area contributed by atoms with Crippen molar-refractivity contribution in [2.24, 2.45) is 5.73 Å². The number of aryl methyl sites for hydroxylation is 1. The maximum absolute atomic E-state index is 5.69. The van der Waals surface area contributed by atoms with Gasteiger partial charge >= 0.3 is 0 Å². The fourth-order valence-corrected chi connectivity index (χ4v) is 2.01. The van der Waals surface area contributed by atoms with Gasteiger partial charge in [-0.25, -0.2) is 0 Å². The summed E-state index contributed by atoms with van der Waals surface area (Å²) in [7, 11) is 0. The molecular formula is C12H15BrN4O. The highest BCUT2D eigenvalue weighted by Gasteiger charge is 2.12. The Morgan fingerprint density at radius 3 is 3.06 bits per heavy atom. The van der Waals surface area contributed by atoms with Gasteiger partial charge < -0.3 is 10.3 Å². The van der Waals surface area contributed by atoms with Crippen LogP contribution in [-0.2, 0) is 6.42 Å². The van der Waals surface area contributed by atoms with Crippen molar-refractivity contribution in [3.05, 3.63) is 28.7 Å². The number of halogens is 1. The molecule has 2 aromatic heterocycles. The third-order valence-corrected chi connectivity index (χ3v) is 3.13. The molecule has 18 heavy (non-hydrogen) atoms. The minimum absolute atomic E-state index is 0.206. The zero-order valence-electron chi connectivity index (χ0n) is 10.1. The molecule has 2 rings (SSSR count). The molecule has 0 fully saturated rings. The smallest absolute Gasteiger partial charge is 0.227 e. The van der Waals surface area contributed by atoms with Crippen LogP contribution in [0.15, 0.2) is 27.3 Å². The summed E-state index contributed by atoms with van der Waals surface area (Å²) in [6.45, 7) is 1.99. The molecule has 0 aliphatic heterocycles. The number of hydrogen-bond acceptors (Lipinski definition) is 5. The number of rotatable bonds is 5. The topological polar surface area (TPSA) is 77.8 Å². The van der Waals surface area contributed by atoms with Crippen molar-refractivity contribution < 1.29 is 4.52 Å². The monoisotopic (exact) mass is 310 g/mol. The SMILES string of the molecule is CC(N)CCCc1nc(-c2ncccc2Br)no1. The molecule has 0 spiro atoms. The number of nitrogens with zero attached hydrogens (tertiary/aromatic N) is 3. The van der Waals surface area contributed by atoms with E-state index < -0.39 is 0 Å². The molecule has 0 aliphatic carbocycles. The van der Waals surface area contributed by atoms with Crippen molar-refractivity contribution in [2.45, 2.75) is 32.2 Å². The van der Waals surface area contributed by atoms with Crippen LogP contribution in [0.4, 0.5) is 0 Å². The highest BCUT2D eigenvalue weighted by atomic mass is 79.9. The van der Waals surface area contributed by atoms with Crippen LogP contribution in [0.1, 0.15) is 25.7 Å². The van der Waals surface area contributed by atoms with Crippen LogP contribution in [0.3, 0.4) is 0 Å².